The van der Waals surface area contributed by atoms with Gasteiger partial charge in [-0.25, -0.2) is 0 Å². The second-order valence-electron chi connectivity index (χ2n) is 1.80. The van der Waals surface area contributed by atoms with Crippen molar-refractivity contribution in [2.24, 2.45) is 0 Å². The van der Waals surface area contributed by atoms with E-state index in [1.807, 2.05) is 30.3 Å². The Hall–Kier alpha value is 0.310. The van der Waals surface area contributed by atoms with Gasteiger partial charge in [-0.2, -0.15) is 0 Å². The first-order valence-corrected chi connectivity index (χ1v) is 3.19. The van der Waals surface area contributed by atoms with Crippen LogP contribution in [0.5, 0.6) is 0 Å². The molecule has 0 heterocycles. The Morgan fingerprint density at radius 3 is 2.20 bits per heavy atom. The molecule has 2 heteroatoms. The Bertz CT molecular complexity index is 208. The first-order chi connectivity index (χ1) is 4.33. The Morgan fingerprint density at radius 1 is 1.30 bits per heavy atom. The largest absolute Gasteiger partial charge is 1.00 e. The molecule has 0 radical (unpaired) electrons. The quantitative estimate of drug-likeness (QED) is 0.424. The van der Waals surface area contributed by atoms with Gasteiger partial charge in [0.15, 0.2) is 0 Å². The molecule has 48 valence electrons. The summed E-state index contributed by atoms with van der Waals surface area (Å²) in [5.74, 6) is 0. The number of rotatable bonds is 1. The maximum Gasteiger partial charge on any atom is 1.00 e. The minimum atomic E-state index is 0. The normalized spacial score (nSPS) is 8.10. The van der Waals surface area contributed by atoms with E-state index < -0.39 is 0 Å². The number of hydrogen-bond donors (Lipinski definition) is 1. The van der Waals surface area contributed by atoms with E-state index in [9.17, 15) is 0 Å². The Kier molecular flexibility index (Phi) is 5.18. The third kappa shape index (κ3) is 2.93. The molecule has 0 fully saturated rings. The molecule has 0 aliphatic carbocycles. The number of thiol groups is 1. The molecule has 0 nitrogen and oxygen atoms in total. The number of benzene rings is 1. The fraction of sp³-hybridized carbons (Fsp3) is 0. The standard InChI is InChI=1S/C8H8S.Na.H/c1-2-7-3-5-8(9)6-4-7;;/h2-6,9H,1H2;;/q;+1;-1. The maximum atomic E-state index is 4.14. The smallest absolute Gasteiger partial charge is 1.00 e. The maximum absolute atomic E-state index is 4.14. The SMILES string of the molecule is C=Cc1ccc(S)cc1.[H-].[Na+]. The van der Waals surface area contributed by atoms with E-state index in [1.54, 1.807) is 0 Å². The van der Waals surface area contributed by atoms with Crippen molar-refractivity contribution < 1.29 is 31.0 Å². The van der Waals surface area contributed by atoms with Crippen LogP contribution in [0.2, 0.25) is 0 Å². The van der Waals surface area contributed by atoms with Gasteiger partial charge in [0.05, 0.1) is 0 Å². The van der Waals surface area contributed by atoms with Gasteiger partial charge in [0.1, 0.15) is 0 Å². The van der Waals surface area contributed by atoms with Crippen molar-refractivity contribution in [1.29, 1.82) is 0 Å². The summed E-state index contributed by atoms with van der Waals surface area (Å²) in [6, 6.07) is 7.85. The summed E-state index contributed by atoms with van der Waals surface area (Å²) < 4.78 is 0. The van der Waals surface area contributed by atoms with Gasteiger partial charge in [-0.1, -0.05) is 24.8 Å². The van der Waals surface area contributed by atoms with Crippen LogP contribution in [0.4, 0.5) is 0 Å². The van der Waals surface area contributed by atoms with Crippen LogP contribution in [0, 0.1) is 0 Å². The summed E-state index contributed by atoms with van der Waals surface area (Å²) in [6.45, 7) is 3.64. The summed E-state index contributed by atoms with van der Waals surface area (Å²) in [5.41, 5.74) is 1.13. The van der Waals surface area contributed by atoms with Gasteiger partial charge in [-0.15, -0.1) is 12.6 Å². The molecule has 0 aliphatic heterocycles. The predicted molar refractivity (Wildman–Crippen MR) is 44.9 cm³/mol. The minimum Gasteiger partial charge on any atom is -1.00 e. The van der Waals surface area contributed by atoms with Gasteiger partial charge in [0.2, 0.25) is 0 Å². The van der Waals surface area contributed by atoms with Crippen molar-refractivity contribution >= 4 is 18.7 Å². The topological polar surface area (TPSA) is 0 Å². The van der Waals surface area contributed by atoms with Crippen LogP contribution in [0.1, 0.15) is 6.99 Å². The molecular weight excluding hydrogens is 151 g/mol. The van der Waals surface area contributed by atoms with E-state index in [-0.39, 0.29) is 31.0 Å². The van der Waals surface area contributed by atoms with E-state index in [0.29, 0.717) is 0 Å². The molecule has 0 aliphatic rings. The molecule has 0 saturated carbocycles. The van der Waals surface area contributed by atoms with Crippen molar-refractivity contribution in [1.82, 2.24) is 0 Å². The van der Waals surface area contributed by atoms with E-state index in [2.05, 4.69) is 19.2 Å². The molecule has 0 amide bonds. The van der Waals surface area contributed by atoms with E-state index >= 15 is 0 Å². The molecule has 10 heavy (non-hydrogen) atoms. The third-order valence-electron chi connectivity index (χ3n) is 1.13. The Morgan fingerprint density at radius 2 is 1.80 bits per heavy atom. The second-order valence-corrected chi connectivity index (χ2v) is 2.31. The van der Waals surface area contributed by atoms with Crippen molar-refractivity contribution in [3.63, 3.8) is 0 Å². The molecular formula is C8H9NaS. The third-order valence-corrected chi connectivity index (χ3v) is 1.43. The van der Waals surface area contributed by atoms with Crippen LogP contribution in [0.15, 0.2) is 35.7 Å². The van der Waals surface area contributed by atoms with Crippen LogP contribution in [0.3, 0.4) is 0 Å². The van der Waals surface area contributed by atoms with Gasteiger partial charge in [0, 0.05) is 4.90 Å². The summed E-state index contributed by atoms with van der Waals surface area (Å²) in [5, 5.41) is 0. The van der Waals surface area contributed by atoms with E-state index in [0.717, 1.165) is 10.5 Å². The van der Waals surface area contributed by atoms with Crippen molar-refractivity contribution in [3.05, 3.63) is 36.4 Å². The summed E-state index contributed by atoms with van der Waals surface area (Å²) >= 11 is 4.14. The molecule has 1 aromatic carbocycles. The van der Waals surface area contributed by atoms with Gasteiger partial charge >= 0.3 is 29.6 Å². The molecule has 0 spiro atoms. The van der Waals surface area contributed by atoms with Crippen molar-refractivity contribution in [2.45, 2.75) is 4.90 Å². The van der Waals surface area contributed by atoms with Crippen LogP contribution in [-0.4, -0.2) is 0 Å². The molecule has 1 rings (SSSR count). The monoisotopic (exact) mass is 160 g/mol. The summed E-state index contributed by atoms with van der Waals surface area (Å²) in [6.07, 6.45) is 1.81. The van der Waals surface area contributed by atoms with Gasteiger partial charge in [-0.3, -0.25) is 0 Å². The van der Waals surface area contributed by atoms with Crippen molar-refractivity contribution in [3.8, 4) is 0 Å². The van der Waals surface area contributed by atoms with Crippen LogP contribution >= 0.6 is 12.6 Å². The Balaban J connectivity index is 0. The molecule has 0 unspecified atom stereocenters. The molecule has 0 N–H and O–H groups in total. The zero-order valence-electron chi connectivity index (χ0n) is 7.04. The average Bonchev–Trinajstić information content (AvgIpc) is 1.90. The molecule has 0 bridgehead atoms. The summed E-state index contributed by atoms with van der Waals surface area (Å²) in [4.78, 5) is 0.987. The molecule has 1 aromatic rings. The average molecular weight is 160 g/mol. The van der Waals surface area contributed by atoms with Gasteiger partial charge in [-0.05, 0) is 17.7 Å². The fourth-order valence-electron chi connectivity index (χ4n) is 0.610. The molecule has 0 atom stereocenters. The molecule has 0 aromatic heterocycles. The second kappa shape index (κ2) is 5.03. The predicted octanol–water partition coefficient (Wildman–Crippen LogP) is -0.265. The zero-order chi connectivity index (χ0) is 6.69. The van der Waals surface area contributed by atoms with Crippen LogP contribution in [-0.2, 0) is 0 Å². The van der Waals surface area contributed by atoms with Gasteiger partial charge < -0.3 is 1.43 Å². The van der Waals surface area contributed by atoms with E-state index in [4.69, 9.17) is 0 Å². The van der Waals surface area contributed by atoms with Gasteiger partial charge in [0.25, 0.3) is 0 Å². The van der Waals surface area contributed by atoms with Crippen LogP contribution in [0.25, 0.3) is 6.08 Å². The minimum absolute atomic E-state index is 0. The van der Waals surface area contributed by atoms with Crippen LogP contribution < -0.4 is 29.6 Å². The zero-order valence-corrected chi connectivity index (χ0v) is 8.94. The molecule has 0 saturated heterocycles. The first kappa shape index (κ1) is 10.3. The first-order valence-electron chi connectivity index (χ1n) is 2.74. The Labute approximate surface area is 90.5 Å². The number of hydrogen-bond acceptors (Lipinski definition) is 1. The van der Waals surface area contributed by atoms with Crippen molar-refractivity contribution in [2.75, 3.05) is 0 Å². The van der Waals surface area contributed by atoms with E-state index in [1.165, 1.54) is 0 Å². The fourth-order valence-corrected chi connectivity index (χ4v) is 0.759. The summed E-state index contributed by atoms with van der Waals surface area (Å²) in [7, 11) is 0.